The molecule has 3 nitrogen and oxygen atoms in total. The van der Waals surface area contributed by atoms with Crippen molar-refractivity contribution >= 4 is 5.69 Å². The second kappa shape index (κ2) is 7.62. The maximum Gasteiger partial charge on any atom is 0.0876 e. The van der Waals surface area contributed by atoms with Crippen LogP contribution in [0.3, 0.4) is 0 Å². The van der Waals surface area contributed by atoms with Crippen LogP contribution in [0.25, 0.3) is 5.69 Å². The molecule has 1 aromatic heterocycles. The second-order valence-corrected chi connectivity index (χ2v) is 4.81. The number of hydrogen-bond acceptors (Lipinski definition) is 2. The van der Waals surface area contributed by atoms with Crippen LogP contribution in [0.5, 0.6) is 0 Å². The van der Waals surface area contributed by atoms with Crippen LogP contribution in [0, 0.1) is 0 Å². The molecule has 3 heteroatoms. The number of aromatic nitrogens is 2. The Morgan fingerprint density at radius 2 is 1.89 bits per heavy atom. The predicted molar refractivity (Wildman–Crippen MR) is 80.8 cm³/mol. The molecule has 0 fully saturated rings. The van der Waals surface area contributed by atoms with Gasteiger partial charge in [0.1, 0.15) is 0 Å². The molecule has 0 unspecified atom stereocenters. The van der Waals surface area contributed by atoms with Gasteiger partial charge in [0.15, 0.2) is 0 Å². The van der Waals surface area contributed by atoms with Crippen LogP contribution in [0.1, 0.15) is 39.0 Å². The van der Waals surface area contributed by atoms with Gasteiger partial charge in [0, 0.05) is 18.9 Å². The Balaban J connectivity index is 1.87. The number of rotatable bonds is 8. The number of unbranched alkanes of at least 4 members (excludes halogenated alkanes) is 4. The summed E-state index contributed by atoms with van der Waals surface area (Å²) in [5.41, 5.74) is 2.27. The molecule has 0 aliphatic heterocycles. The van der Waals surface area contributed by atoms with Gasteiger partial charge in [0.05, 0.1) is 11.4 Å². The zero-order valence-electron chi connectivity index (χ0n) is 11.7. The Morgan fingerprint density at radius 3 is 2.68 bits per heavy atom. The second-order valence-electron chi connectivity index (χ2n) is 4.81. The third kappa shape index (κ3) is 4.12. The minimum atomic E-state index is 1.03. The molecule has 0 saturated carbocycles. The van der Waals surface area contributed by atoms with Crippen LogP contribution in [0.4, 0.5) is 5.69 Å². The normalized spacial score (nSPS) is 10.6. The molecule has 0 spiro atoms. The van der Waals surface area contributed by atoms with E-state index in [-0.39, 0.29) is 0 Å². The van der Waals surface area contributed by atoms with Crippen molar-refractivity contribution in [2.45, 2.75) is 39.0 Å². The van der Waals surface area contributed by atoms with Crippen LogP contribution in [-0.4, -0.2) is 16.3 Å². The monoisotopic (exact) mass is 257 g/mol. The molecule has 0 bridgehead atoms. The van der Waals surface area contributed by atoms with Gasteiger partial charge in [0.2, 0.25) is 0 Å². The summed E-state index contributed by atoms with van der Waals surface area (Å²) in [5.74, 6) is 0. The van der Waals surface area contributed by atoms with E-state index in [2.05, 4.69) is 35.5 Å². The number of nitrogens with zero attached hydrogens (tertiary/aromatic N) is 2. The average Bonchev–Trinajstić information content (AvgIpc) is 2.97. The van der Waals surface area contributed by atoms with Crippen molar-refractivity contribution in [3.8, 4) is 5.69 Å². The first-order chi connectivity index (χ1) is 9.42. The zero-order valence-corrected chi connectivity index (χ0v) is 11.7. The summed E-state index contributed by atoms with van der Waals surface area (Å²) < 4.78 is 1.90. The van der Waals surface area contributed by atoms with E-state index in [0.717, 1.165) is 17.9 Å². The topological polar surface area (TPSA) is 29.9 Å². The zero-order chi connectivity index (χ0) is 13.3. The van der Waals surface area contributed by atoms with Crippen molar-refractivity contribution in [1.82, 2.24) is 9.78 Å². The third-order valence-electron chi connectivity index (χ3n) is 3.25. The predicted octanol–water partition coefficient (Wildman–Crippen LogP) is 4.25. The highest BCUT2D eigenvalue weighted by Crippen LogP contribution is 2.19. The molecule has 1 aromatic carbocycles. The maximum atomic E-state index is 4.29. The summed E-state index contributed by atoms with van der Waals surface area (Å²) in [6.07, 6.45) is 10.3. The van der Waals surface area contributed by atoms with Gasteiger partial charge in [-0.2, -0.15) is 5.10 Å². The van der Waals surface area contributed by atoms with E-state index in [4.69, 9.17) is 0 Å². The fourth-order valence-corrected chi connectivity index (χ4v) is 2.19. The van der Waals surface area contributed by atoms with E-state index in [9.17, 15) is 0 Å². The molecule has 2 rings (SSSR count). The van der Waals surface area contributed by atoms with Crippen molar-refractivity contribution in [1.29, 1.82) is 0 Å². The van der Waals surface area contributed by atoms with Crippen LogP contribution in [0.15, 0.2) is 42.7 Å². The smallest absolute Gasteiger partial charge is 0.0876 e. The molecular formula is C16H23N3. The lowest BCUT2D eigenvalue weighted by Crippen LogP contribution is -2.06. The van der Waals surface area contributed by atoms with Crippen molar-refractivity contribution in [3.05, 3.63) is 42.7 Å². The van der Waals surface area contributed by atoms with Crippen molar-refractivity contribution in [3.63, 3.8) is 0 Å². The largest absolute Gasteiger partial charge is 0.383 e. The highest BCUT2D eigenvalue weighted by atomic mass is 15.3. The lowest BCUT2D eigenvalue weighted by molar-refractivity contribution is 0.645. The van der Waals surface area contributed by atoms with E-state index in [1.54, 1.807) is 0 Å². The molecule has 0 amide bonds. The van der Waals surface area contributed by atoms with Crippen LogP contribution >= 0.6 is 0 Å². The molecule has 0 saturated heterocycles. The summed E-state index contributed by atoms with van der Waals surface area (Å²) in [6.45, 7) is 3.28. The molecule has 0 aliphatic carbocycles. The van der Waals surface area contributed by atoms with E-state index < -0.39 is 0 Å². The van der Waals surface area contributed by atoms with Gasteiger partial charge in [-0.25, -0.2) is 4.68 Å². The average molecular weight is 257 g/mol. The SMILES string of the molecule is CCCCCCCNc1ccccc1-n1cccn1. The number of benzene rings is 1. The summed E-state index contributed by atoms with van der Waals surface area (Å²) in [5, 5.41) is 7.81. The summed E-state index contributed by atoms with van der Waals surface area (Å²) in [4.78, 5) is 0. The summed E-state index contributed by atoms with van der Waals surface area (Å²) >= 11 is 0. The number of hydrogen-bond donors (Lipinski definition) is 1. The summed E-state index contributed by atoms with van der Waals surface area (Å²) in [6, 6.07) is 10.3. The molecule has 0 radical (unpaired) electrons. The molecule has 102 valence electrons. The minimum absolute atomic E-state index is 1.03. The van der Waals surface area contributed by atoms with E-state index >= 15 is 0 Å². The van der Waals surface area contributed by atoms with Gasteiger partial charge in [-0.1, -0.05) is 44.7 Å². The molecular weight excluding hydrogens is 234 g/mol. The minimum Gasteiger partial charge on any atom is -0.383 e. The number of nitrogens with one attached hydrogen (secondary N) is 1. The van der Waals surface area contributed by atoms with Crippen molar-refractivity contribution in [2.75, 3.05) is 11.9 Å². The van der Waals surface area contributed by atoms with E-state index in [0.29, 0.717) is 0 Å². The van der Waals surface area contributed by atoms with E-state index in [1.807, 2.05) is 29.2 Å². The van der Waals surface area contributed by atoms with Crippen molar-refractivity contribution < 1.29 is 0 Å². The Bertz CT molecular complexity index is 463. The first kappa shape index (κ1) is 13.7. The van der Waals surface area contributed by atoms with E-state index in [1.165, 1.54) is 32.1 Å². The first-order valence-electron chi connectivity index (χ1n) is 7.24. The molecule has 1 N–H and O–H groups in total. The van der Waals surface area contributed by atoms with Gasteiger partial charge < -0.3 is 5.32 Å². The van der Waals surface area contributed by atoms with Gasteiger partial charge in [-0.3, -0.25) is 0 Å². The number of anilines is 1. The van der Waals surface area contributed by atoms with Crippen LogP contribution in [0.2, 0.25) is 0 Å². The quantitative estimate of drug-likeness (QED) is 0.716. The fraction of sp³-hybridized carbons (Fsp3) is 0.438. The van der Waals surface area contributed by atoms with Gasteiger partial charge >= 0.3 is 0 Å². The number of para-hydroxylation sites is 2. The lowest BCUT2D eigenvalue weighted by Gasteiger charge is -2.11. The lowest BCUT2D eigenvalue weighted by atomic mass is 10.1. The highest BCUT2D eigenvalue weighted by molar-refractivity contribution is 5.60. The Kier molecular flexibility index (Phi) is 5.48. The Hall–Kier alpha value is -1.77. The van der Waals surface area contributed by atoms with Gasteiger partial charge in [-0.05, 0) is 24.6 Å². The van der Waals surface area contributed by atoms with Gasteiger partial charge in [-0.15, -0.1) is 0 Å². The Labute approximate surface area is 115 Å². The van der Waals surface area contributed by atoms with Crippen LogP contribution in [-0.2, 0) is 0 Å². The molecule has 2 aromatic rings. The highest BCUT2D eigenvalue weighted by Gasteiger charge is 2.02. The molecule has 19 heavy (non-hydrogen) atoms. The summed E-state index contributed by atoms with van der Waals surface area (Å²) in [7, 11) is 0. The standard InChI is InChI=1S/C16H23N3/c1-2-3-4-5-8-12-17-15-10-6-7-11-16(15)19-14-9-13-18-19/h6-7,9-11,13-14,17H,2-5,8,12H2,1H3. The molecule has 1 heterocycles. The van der Waals surface area contributed by atoms with Crippen molar-refractivity contribution in [2.24, 2.45) is 0 Å². The maximum absolute atomic E-state index is 4.29. The fourth-order valence-electron chi connectivity index (χ4n) is 2.19. The van der Waals surface area contributed by atoms with Gasteiger partial charge in [0.25, 0.3) is 0 Å². The Morgan fingerprint density at radius 1 is 1.05 bits per heavy atom. The molecule has 0 atom stereocenters. The molecule has 0 aliphatic rings. The van der Waals surface area contributed by atoms with Crippen LogP contribution < -0.4 is 5.32 Å². The first-order valence-corrected chi connectivity index (χ1v) is 7.24. The third-order valence-corrected chi connectivity index (χ3v) is 3.25.